The van der Waals surface area contributed by atoms with Gasteiger partial charge in [-0.25, -0.2) is 0 Å². The van der Waals surface area contributed by atoms with Crippen molar-refractivity contribution in [3.8, 4) is 5.88 Å². The number of furan rings is 1. The van der Waals surface area contributed by atoms with Gasteiger partial charge in [0.05, 0.1) is 24.3 Å². The smallest absolute Gasteiger partial charge is 0.259 e. The van der Waals surface area contributed by atoms with Crippen molar-refractivity contribution in [3.63, 3.8) is 0 Å². The molecule has 0 bridgehead atoms. The highest BCUT2D eigenvalue weighted by Crippen LogP contribution is 2.30. The molecule has 1 aromatic carbocycles. The molecule has 5 rings (SSSR count). The number of pyridine rings is 1. The highest BCUT2D eigenvalue weighted by molar-refractivity contribution is 6.13. The van der Waals surface area contributed by atoms with E-state index in [9.17, 15) is 14.4 Å². The fourth-order valence-electron chi connectivity index (χ4n) is 5.35. The fraction of sp³-hybridized carbons (Fsp3) is 0.438. The maximum absolute atomic E-state index is 13.4. The molecule has 0 spiro atoms. The quantitative estimate of drug-likeness (QED) is 0.315. The monoisotopic (exact) mass is 589 g/mol. The normalized spacial score (nSPS) is 14.9. The van der Waals surface area contributed by atoms with Crippen molar-refractivity contribution in [1.29, 1.82) is 0 Å². The van der Waals surface area contributed by atoms with Gasteiger partial charge in [-0.3, -0.25) is 14.4 Å². The van der Waals surface area contributed by atoms with E-state index in [1.807, 2.05) is 48.2 Å². The van der Waals surface area contributed by atoms with Gasteiger partial charge in [0.2, 0.25) is 11.8 Å². The Morgan fingerprint density at radius 3 is 2.56 bits per heavy atom. The first kappa shape index (κ1) is 30.1. The summed E-state index contributed by atoms with van der Waals surface area (Å²) in [6.07, 6.45) is 3.54. The summed E-state index contributed by atoms with van der Waals surface area (Å²) in [6.45, 7) is 8.67. The lowest BCUT2D eigenvalue weighted by atomic mass is 10.0. The molecule has 0 atom stereocenters. The minimum absolute atomic E-state index is 0.0628. The van der Waals surface area contributed by atoms with Gasteiger partial charge in [-0.15, -0.1) is 0 Å². The topological polar surface area (TPSA) is 117 Å². The maximum Gasteiger partial charge on any atom is 0.259 e. The molecular weight excluding hydrogens is 550 g/mol. The number of carbonyl (C=O) groups is 3. The minimum Gasteiger partial charge on any atom is -0.476 e. The van der Waals surface area contributed by atoms with Gasteiger partial charge in [-0.05, 0) is 37.5 Å². The number of hydrogen-bond acceptors (Lipinski definition) is 8. The van der Waals surface area contributed by atoms with E-state index in [1.54, 1.807) is 17.9 Å². The number of benzene rings is 1. The number of piperazine rings is 1. The van der Waals surface area contributed by atoms with E-state index in [-0.39, 0.29) is 17.4 Å². The molecule has 2 aliphatic rings. The molecule has 1 fully saturated rings. The van der Waals surface area contributed by atoms with E-state index in [0.29, 0.717) is 94.2 Å². The SMILES string of the molecule is CCOc1nc(N2CCN(C(C)=O)CC2)ccc1NC(=O)c1coc2c1C(=O)N(CCCCOCc1ccccc1)CC2. The Kier molecular flexibility index (Phi) is 9.93. The Morgan fingerprint density at radius 2 is 1.81 bits per heavy atom. The second kappa shape index (κ2) is 14.2. The van der Waals surface area contributed by atoms with Crippen molar-refractivity contribution in [2.24, 2.45) is 0 Å². The first-order chi connectivity index (χ1) is 20.9. The summed E-state index contributed by atoms with van der Waals surface area (Å²) in [5, 5.41) is 2.87. The van der Waals surface area contributed by atoms with Gasteiger partial charge in [0.15, 0.2) is 0 Å². The summed E-state index contributed by atoms with van der Waals surface area (Å²) < 4.78 is 17.2. The molecule has 228 valence electrons. The number of carbonyl (C=O) groups excluding carboxylic acids is 3. The zero-order valence-corrected chi connectivity index (χ0v) is 24.8. The lowest BCUT2D eigenvalue weighted by molar-refractivity contribution is -0.129. The number of aromatic nitrogens is 1. The molecule has 3 amide bonds. The second-order valence-electron chi connectivity index (χ2n) is 10.6. The van der Waals surface area contributed by atoms with E-state index in [0.717, 1.165) is 18.4 Å². The average Bonchev–Trinajstić information content (AvgIpc) is 3.47. The third-order valence-corrected chi connectivity index (χ3v) is 7.72. The van der Waals surface area contributed by atoms with Crippen LogP contribution in [0.5, 0.6) is 5.88 Å². The van der Waals surface area contributed by atoms with Gasteiger partial charge in [0.1, 0.15) is 23.5 Å². The number of rotatable bonds is 12. The number of hydrogen-bond donors (Lipinski definition) is 1. The van der Waals surface area contributed by atoms with Crippen molar-refractivity contribution < 1.29 is 28.3 Å². The number of nitrogens with one attached hydrogen (secondary N) is 1. The van der Waals surface area contributed by atoms with Crippen molar-refractivity contribution >= 4 is 29.2 Å². The van der Waals surface area contributed by atoms with Gasteiger partial charge in [0, 0.05) is 59.2 Å². The van der Waals surface area contributed by atoms with Crippen molar-refractivity contribution in [3.05, 3.63) is 71.2 Å². The van der Waals surface area contributed by atoms with Crippen LogP contribution in [0.15, 0.2) is 53.1 Å². The predicted octanol–water partition coefficient (Wildman–Crippen LogP) is 3.99. The van der Waals surface area contributed by atoms with Crippen LogP contribution in [0.25, 0.3) is 0 Å². The largest absolute Gasteiger partial charge is 0.476 e. The zero-order valence-electron chi connectivity index (χ0n) is 24.8. The summed E-state index contributed by atoms with van der Waals surface area (Å²) in [5.74, 6) is 0.936. The summed E-state index contributed by atoms with van der Waals surface area (Å²) in [7, 11) is 0. The number of amides is 3. The van der Waals surface area contributed by atoms with E-state index in [4.69, 9.17) is 13.9 Å². The van der Waals surface area contributed by atoms with Gasteiger partial charge in [-0.1, -0.05) is 30.3 Å². The molecule has 43 heavy (non-hydrogen) atoms. The van der Waals surface area contributed by atoms with Crippen LogP contribution in [0.2, 0.25) is 0 Å². The molecule has 3 aromatic rings. The van der Waals surface area contributed by atoms with E-state index in [2.05, 4.69) is 15.2 Å². The fourth-order valence-corrected chi connectivity index (χ4v) is 5.35. The average molecular weight is 590 g/mol. The van der Waals surface area contributed by atoms with Crippen LogP contribution >= 0.6 is 0 Å². The molecule has 1 N–H and O–H groups in total. The molecule has 0 saturated carbocycles. The zero-order chi connectivity index (χ0) is 30.2. The molecule has 2 aromatic heterocycles. The van der Waals surface area contributed by atoms with Gasteiger partial charge < -0.3 is 33.9 Å². The van der Waals surface area contributed by atoms with Crippen molar-refractivity contribution in [2.75, 3.05) is 62.7 Å². The standard InChI is InChI=1S/C32H39N5O6/c1-3-42-31-26(11-12-28(34-31)36-18-16-35(17-19-36)23(2)38)33-30(39)25-22-43-27-13-15-37(32(40)29(25)27)14-7-8-20-41-21-24-9-5-4-6-10-24/h4-6,9-12,22H,3,7-8,13-21H2,1-2H3,(H,33,39). The molecule has 0 aliphatic carbocycles. The minimum atomic E-state index is -0.458. The predicted molar refractivity (Wildman–Crippen MR) is 161 cm³/mol. The van der Waals surface area contributed by atoms with Crippen LogP contribution < -0.4 is 15.0 Å². The van der Waals surface area contributed by atoms with Crippen LogP contribution in [-0.4, -0.2) is 85.0 Å². The summed E-state index contributed by atoms with van der Waals surface area (Å²) in [4.78, 5) is 48.8. The van der Waals surface area contributed by atoms with E-state index >= 15 is 0 Å². The first-order valence-corrected chi connectivity index (χ1v) is 14.9. The molecule has 11 heteroatoms. The molecular formula is C32H39N5O6. The van der Waals surface area contributed by atoms with Crippen LogP contribution in [0.4, 0.5) is 11.5 Å². The maximum atomic E-state index is 13.4. The number of anilines is 2. The Balaban J connectivity index is 1.18. The molecule has 0 radical (unpaired) electrons. The lowest BCUT2D eigenvalue weighted by Gasteiger charge is -2.35. The second-order valence-corrected chi connectivity index (χ2v) is 10.6. The van der Waals surface area contributed by atoms with Crippen molar-refractivity contribution in [2.45, 2.75) is 39.7 Å². The molecule has 11 nitrogen and oxygen atoms in total. The molecule has 0 unspecified atom stereocenters. The Bertz CT molecular complexity index is 1420. The molecule has 4 heterocycles. The van der Waals surface area contributed by atoms with Crippen LogP contribution in [-0.2, 0) is 22.6 Å². The highest BCUT2D eigenvalue weighted by Gasteiger charge is 2.33. The van der Waals surface area contributed by atoms with Crippen LogP contribution in [0.1, 0.15) is 58.7 Å². The van der Waals surface area contributed by atoms with Crippen LogP contribution in [0, 0.1) is 0 Å². The number of fused-ring (bicyclic) bond motifs is 1. The third kappa shape index (κ3) is 7.34. The van der Waals surface area contributed by atoms with Crippen molar-refractivity contribution in [1.82, 2.24) is 14.8 Å². The summed E-state index contributed by atoms with van der Waals surface area (Å²) >= 11 is 0. The number of ether oxygens (including phenoxy) is 2. The molecule has 1 saturated heterocycles. The number of nitrogens with zero attached hydrogens (tertiary/aromatic N) is 4. The summed E-state index contributed by atoms with van der Waals surface area (Å²) in [5.41, 5.74) is 2.05. The first-order valence-electron chi connectivity index (χ1n) is 14.9. The van der Waals surface area contributed by atoms with E-state index < -0.39 is 5.91 Å². The van der Waals surface area contributed by atoms with Gasteiger partial charge in [0.25, 0.3) is 11.8 Å². The Morgan fingerprint density at radius 1 is 1.02 bits per heavy atom. The third-order valence-electron chi connectivity index (χ3n) is 7.72. The Labute approximate surface area is 251 Å². The van der Waals surface area contributed by atoms with Gasteiger partial charge >= 0.3 is 0 Å². The van der Waals surface area contributed by atoms with Gasteiger partial charge in [-0.2, -0.15) is 4.98 Å². The molecule has 2 aliphatic heterocycles. The highest BCUT2D eigenvalue weighted by atomic mass is 16.5. The van der Waals surface area contributed by atoms with E-state index in [1.165, 1.54) is 6.26 Å². The number of unbranched alkanes of at least 4 members (excludes halogenated alkanes) is 1. The van der Waals surface area contributed by atoms with Crippen LogP contribution in [0.3, 0.4) is 0 Å². The summed E-state index contributed by atoms with van der Waals surface area (Å²) in [6, 6.07) is 13.6. The lowest BCUT2D eigenvalue weighted by Crippen LogP contribution is -2.48. The Hall–Kier alpha value is -4.38.